The number of benzene rings is 2. The van der Waals surface area contributed by atoms with Gasteiger partial charge in [0.05, 0.1) is 18.3 Å². The van der Waals surface area contributed by atoms with Crippen LogP contribution in [0.15, 0.2) is 78.6 Å². The number of carbonyl (C=O) groups is 1. The number of aliphatic hydroxyl groups is 1. The number of esters is 1. The molecule has 0 radical (unpaired) electrons. The summed E-state index contributed by atoms with van der Waals surface area (Å²) in [6.45, 7) is 5.88. The molecular weight excluding hydrogens is 427 g/mol. The van der Waals surface area contributed by atoms with Crippen molar-refractivity contribution in [1.82, 2.24) is 0 Å². The highest BCUT2D eigenvalue weighted by Gasteiger charge is 2.63. The second-order valence-electron chi connectivity index (χ2n) is 8.01. The van der Waals surface area contributed by atoms with E-state index in [-0.39, 0.29) is 24.0 Å². The molecule has 176 valence electrons. The molecule has 33 heavy (non-hydrogen) atoms. The van der Waals surface area contributed by atoms with Crippen LogP contribution in [0.4, 0.5) is 4.39 Å². The van der Waals surface area contributed by atoms with Crippen molar-refractivity contribution >= 4 is 11.7 Å². The summed E-state index contributed by atoms with van der Waals surface area (Å²) in [4.78, 5) is 12.7. The molecule has 0 amide bonds. The van der Waals surface area contributed by atoms with Gasteiger partial charge in [0.1, 0.15) is 0 Å². The van der Waals surface area contributed by atoms with Gasteiger partial charge in [0.15, 0.2) is 17.1 Å². The van der Waals surface area contributed by atoms with Crippen LogP contribution in [-0.4, -0.2) is 50.0 Å². The molecule has 0 aromatic heterocycles. The Bertz CT molecular complexity index is 990. The average Bonchev–Trinajstić information content (AvgIpc) is 3.54. The summed E-state index contributed by atoms with van der Waals surface area (Å²) in [7, 11) is 2.73. The third-order valence-electron chi connectivity index (χ3n) is 5.73. The minimum Gasteiger partial charge on any atom is -0.504 e. The normalized spacial score (nSPS) is 22.1. The van der Waals surface area contributed by atoms with Crippen molar-refractivity contribution in [1.29, 1.82) is 0 Å². The van der Waals surface area contributed by atoms with Crippen molar-refractivity contribution in [3.8, 4) is 0 Å². The smallest absolute Gasteiger partial charge is 0.343 e. The van der Waals surface area contributed by atoms with Crippen molar-refractivity contribution in [3.05, 3.63) is 89.7 Å². The van der Waals surface area contributed by atoms with Crippen molar-refractivity contribution in [2.75, 3.05) is 20.8 Å². The van der Waals surface area contributed by atoms with E-state index in [1.807, 2.05) is 13.0 Å². The quantitative estimate of drug-likeness (QED) is 0.220. The fourth-order valence-corrected chi connectivity index (χ4v) is 3.70. The van der Waals surface area contributed by atoms with Crippen molar-refractivity contribution in [2.24, 2.45) is 5.92 Å². The summed E-state index contributed by atoms with van der Waals surface area (Å²) in [5, 5.41) is 11.1. The Morgan fingerprint density at radius 1 is 1.12 bits per heavy atom. The summed E-state index contributed by atoms with van der Waals surface area (Å²) >= 11 is 0. The molecule has 2 aromatic rings. The van der Waals surface area contributed by atoms with Gasteiger partial charge in [-0.3, -0.25) is 0 Å². The Balaban J connectivity index is 1.82. The van der Waals surface area contributed by atoms with Crippen LogP contribution in [-0.2, 0) is 18.9 Å². The van der Waals surface area contributed by atoms with Gasteiger partial charge >= 0.3 is 5.97 Å². The van der Waals surface area contributed by atoms with Gasteiger partial charge in [0.2, 0.25) is 6.36 Å². The number of methoxy groups -OCH3 is 2. The van der Waals surface area contributed by atoms with Gasteiger partial charge < -0.3 is 24.1 Å². The van der Waals surface area contributed by atoms with Crippen LogP contribution >= 0.6 is 0 Å². The standard InChI is InChI=1S/C26H29FO6/c1-17(15-21-26(33-21,16-30-3)25(27)31-4)18(2)22(28)23(19-11-7-5-8-12-19)32-24(29)20-13-9-6-10-14-20/h5-14,17,21,25,28H,2,15-16H2,1,3-4H3/b23-22+/t17-,21-,25-,26+/m0/s1. The number of epoxide rings is 1. The third kappa shape index (κ3) is 5.50. The van der Waals surface area contributed by atoms with Gasteiger partial charge in [0.25, 0.3) is 0 Å². The number of allylic oxidation sites excluding steroid dienone is 1. The molecule has 0 bridgehead atoms. The third-order valence-corrected chi connectivity index (χ3v) is 5.73. The number of rotatable bonds is 11. The van der Waals surface area contributed by atoms with Gasteiger partial charge in [-0.1, -0.05) is 62.0 Å². The number of carbonyl (C=O) groups excluding carboxylic acids is 1. The van der Waals surface area contributed by atoms with E-state index in [9.17, 15) is 14.3 Å². The molecule has 7 heteroatoms. The van der Waals surface area contributed by atoms with Gasteiger partial charge in [-0.15, -0.1) is 0 Å². The van der Waals surface area contributed by atoms with E-state index in [1.165, 1.54) is 14.2 Å². The highest BCUT2D eigenvalue weighted by molar-refractivity contribution is 5.93. The minimum atomic E-state index is -1.64. The summed E-state index contributed by atoms with van der Waals surface area (Å²) in [5.74, 6) is -1.17. The number of halogens is 1. The Morgan fingerprint density at radius 2 is 1.70 bits per heavy atom. The molecule has 2 aromatic carbocycles. The number of hydrogen-bond acceptors (Lipinski definition) is 6. The number of aliphatic hydroxyl groups excluding tert-OH is 1. The zero-order chi connectivity index (χ0) is 24.0. The SMILES string of the molecule is C=C(/C(O)=C(\OC(=O)c1ccccc1)c1ccccc1)[C@@H](C)C[C@@H]1O[C@@]1(COC)[C@@H](F)OC. The first-order valence-corrected chi connectivity index (χ1v) is 10.6. The molecule has 3 rings (SSSR count). The van der Waals surface area contributed by atoms with Crippen molar-refractivity contribution in [2.45, 2.75) is 31.4 Å². The molecule has 0 saturated carbocycles. The van der Waals surface area contributed by atoms with E-state index < -0.39 is 24.0 Å². The molecule has 4 atom stereocenters. The maximum absolute atomic E-state index is 14.3. The predicted molar refractivity (Wildman–Crippen MR) is 122 cm³/mol. The first kappa shape index (κ1) is 24.6. The molecule has 6 nitrogen and oxygen atoms in total. The van der Waals surface area contributed by atoms with Gasteiger partial charge in [-0.25, -0.2) is 9.18 Å². The molecule has 0 unspecified atom stereocenters. The van der Waals surface area contributed by atoms with Crippen LogP contribution in [0.1, 0.15) is 29.3 Å². The molecule has 1 saturated heterocycles. The van der Waals surface area contributed by atoms with Gasteiger partial charge in [-0.05, 0) is 30.0 Å². The van der Waals surface area contributed by atoms with E-state index in [4.69, 9.17) is 18.9 Å². The topological polar surface area (TPSA) is 77.5 Å². The lowest BCUT2D eigenvalue weighted by molar-refractivity contribution is -0.0837. The lowest BCUT2D eigenvalue weighted by Crippen LogP contribution is -2.35. The first-order valence-electron chi connectivity index (χ1n) is 10.6. The average molecular weight is 457 g/mol. The molecule has 1 fully saturated rings. The lowest BCUT2D eigenvalue weighted by Gasteiger charge is -2.19. The van der Waals surface area contributed by atoms with E-state index >= 15 is 0 Å². The van der Waals surface area contributed by atoms with Crippen LogP contribution in [0.25, 0.3) is 5.76 Å². The Labute approximate surface area is 193 Å². The van der Waals surface area contributed by atoms with Crippen molar-refractivity contribution < 1.29 is 33.2 Å². The number of hydrogen-bond donors (Lipinski definition) is 1. The second kappa shape index (κ2) is 10.7. The highest BCUT2D eigenvalue weighted by Crippen LogP contribution is 2.46. The van der Waals surface area contributed by atoms with Crippen LogP contribution in [0.5, 0.6) is 0 Å². The molecular formula is C26H29FO6. The Morgan fingerprint density at radius 3 is 2.24 bits per heavy atom. The maximum Gasteiger partial charge on any atom is 0.343 e. The van der Waals surface area contributed by atoms with E-state index in [2.05, 4.69) is 6.58 Å². The monoisotopic (exact) mass is 456 g/mol. The van der Waals surface area contributed by atoms with Crippen LogP contribution in [0.2, 0.25) is 0 Å². The van der Waals surface area contributed by atoms with E-state index in [0.29, 0.717) is 23.1 Å². The molecule has 1 heterocycles. The summed E-state index contributed by atoms with van der Waals surface area (Å²) in [6.07, 6.45) is -1.75. The Hall–Kier alpha value is -3.00. The summed E-state index contributed by atoms with van der Waals surface area (Å²) in [5.41, 5.74) is 0.0256. The van der Waals surface area contributed by atoms with Gasteiger partial charge in [0, 0.05) is 19.8 Å². The fraction of sp³-hybridized carbons (Fsp3) is 0.346. The van der Waals surface area contributed by atoms with E-state index in [0.717, 1.165) is 0 Å². The van der Waals surface area contributed by atoms with E-state index in [1.54, 1.807) is 54.6 Å². The number of alkyl halides is 1. The van der Waals surface area contributed by atoms with Crippen molar-refractivity contribution in [3.63, 3.8) is 0 Å². The Kier molecular flexibility index (Phi) is 8.02. The lowest BCUT2D eigenvalue weighted by atomic mass is 9.90. The summed E-state index contributed by atoms with van der Waals surface area (Å²) in [6, 6.07) is 17.3. The van der Waals surface area contributed by atoms with Crippen LogP contribution in [0, 0.1) is 5.92 Å². The van der Waals surface area contributed by atoms with Crippen LogP contribution < -0.4 is 0 Å². The zero-order valence-corrected chi connectivity index (χ0v) is 19.0. The molecule has 1 aliphatic rings. The molecule has 0 aliphatic carbocycles. The highest BCUT2D eigenvalue weighted by atomic mass is 19.1. The largest absolute Gasteiger partial charge is 0.504 e. The fourth-order valence-electron chi connectivity index (χ4n) is 3.70. The van der Waals surface area contributed by atoms with Crippen LogP contribution in [0.3, 0.4) is 0 Å². The maximum atomic E-state index is 14.3. The zero-order valence-electron chi connectivity index (χ0n) is 19.0. The second-order valence-corrected chi connectivity index (χ2v) is 8.01. The predicted octanol–water partition coefficient (Wildman–Crippen LogP) is 5.08. The molecule has 0 spiro atoms. The van der Waals surface area contributed by atoms with Gasteiger partial charge in [-0.2, -0.15) is 0 Å². The number of ether oxygens (including phenoxy) is 4. The minimum absolute atomic E-state index is 0.00133. The molecule has 1 N–H and O–H groups in total. The first-order chi connectivity index (χ1) is 15.8. The summed E-state index contributed by atoms with van der Waals surface area (Å²) < 4.78 is 35.5. The molecule has 1 aliphatic heterocycles.